The molecule has 0 aliphatic heterocycles. The number of halogens is 1. The molecule has 4 heteroatoms. The molecule has 0 aliphatic rings. The lowest BCUT2D eigenvalue weighted by Crippen LogP contribution is -2.21. The van der Waals surface area contributed by atoms with E-state index in [2.05, 4.69) is 21.0 Å². The molecule has 0 saturated carbocycles. The summed E-state index contributed by atoms with van der Waals surface area (Å²) in [5.74, 6) is 0. The summed E-state index contributed by atoms with van der Waals surface area (Å²) in [6.07, 6.45) is 2.59. The van der Waals surface area contributed by atoms with E-state index in [1.165, 1.54) is 0 Å². The smallest absolute Gasteiger partial charge is 0.128 e. The number of aryl methyl sites for hydroxylation is 1. The Morgan fingerprint density at radius 1 is 1.67 bits per heavy atom. The van der Waals surface area contributed by atoms with Crippen molar-refractivity contribution in [3.8, 4) is 0 Å². The Morgan fingerprint density at radius 2 is 2.33 bits per heavy atom. The number of hydrogen-bond donors (Lipinski definition) is 1. The van der Waals surface area contributed by atoms with E-state index >= 15 is 0 Å². The van der Waals surface area contributed by atoms with E-state index in [0.29, 0.717) is 6.42 Å². The molecular weight excluding hydrogens is 220 g/mol. The maximum Gasteiger partial charge on any atom is 0.128 e. The summed E-state index contributed by atoms with van der Waals surface area (Å²) in [6.45, 7) is 4.34. The van der Waals surface area contributed by atoms with Crippen LogP contribution in [0.5, 0.6) is 0 Å². The largest absolute Gasteiger partial charge is 0.390 e. The molecule has 3 nitrogen and oxygen atoms in total. The Hall–Kier alpha value is -0.350. The summed E-state index contributed by atoms with van der Waals surface area (Å²) in [5.41, 5.74) is -0.613. The molecule has 1 N–H and O–H groups in total. The minimum Gasteiger partial charge on any atom is -0.390 e. The topological polar surface area (TPSA) is 38.0 Å². The van der Waals surface area contributed by atoms with Gasteiger partial charge in [-0.15, -0.1) is 0 Å². The van der Waals surface area contributed by atoms with Crippen molar-refractivity contribution < 1.29 is 5.11 Å². The first-order chi connectivity index (χ1) is 5.47. The molecule has 0 atom stereocenters. The summed E-state index contributed by atoms with van der Waals surface area (Å²) in [6, 6.07) is 1.88. The average Bonchev–Trinajstić information content (AvgIpc) is 2.30. The first kappa shape index (κ1) is 9.74. The fourth-order valence-corrected chi connectivity index (χ4v) is 1.17. The first-order valence-electron chi connectivity index (χ1n) is 3.89. The summed E-state index contributed by atoms with van der Waals surface area (Å²) in [4.78, 5) is 0. The van der Waals surface area contributed by atoms with Crippen molar-refractivity contribution in [3.63, 3.8) is 0 Å². The van der Waals surface area contributed by atoms with Crippen LogP contribution in [0.15, 0.2) is 16.9 Å². The summed E-state index contributed by atoms with van der Waals surface area (Å²) < 4.78 is 2.64. The number of aliphatic hydroxyl groups is 1. The van der Waals surface area contributed by atoms with Gasteiger partial charge in [0, 0.05) is 12.7 Å². The van der Waals surface area contributed by atoms with Gasteiger partial charge < -0.3 is 5.11 Å². The van der Waals surface area contributed by atoms with Gasteiger partial charge in [0.05, 0.1) is 5.60 Å². The highest BCUT2D eigenvalue weighted by Crippen LogP contribution is 2.10. The maximum absolute atomic E-state index is 9.43. The molecule has 0 aromatic carbocycles. The molecular formula is C8H13BrN2O. The van der Waals surface area contributed by atoms with Crippen molar-refractivity contribution in [2.24, 2.45) is 0 Å². The third-order valence-corrected chi connectivity index (χ3v) is 1.98. The SMILES string of the molecule is CC(C)(O)CCn1ccc(Br)n1. The highest BCUT2D eigenvalue weighted by molar-refractivity contribution is 9.10. The van der Waals surface area contributed by atoms with E-state index in [0.717, 1.165) is 11.1 Å². The van der Waals surface area contributed by atoms with Crippen molar-refractivity contribution in [1.29, 1.82) is 0 Å². The number of hydrogen-bond acceptors (Lipinski definition) is 2. The fourth-order valence-electron chi connectivity index (χ4n) is 0.850. The molecule has 12 heavy (non-hydrogen) atoms. The van der Waals surface area contributed by atoms with E-state index in [1.54, 1.807) is 13.8 Å². The van der Waals surface area contributed by atoms with Gasteiger partial charge in [-0.3, -0.25) is 4.68 Å². The third-order valence-electron chi connectivity index (χ3n) is 1.56. The molecule has 1 aromatic heterocycles. The predicted molar refractivity (Wildman–Crippen MR) is 50.8 cm³/mol. The molecule has 0 bridgehead atoms. The maximum atomic E-state index is 9.43. The van der Waals surface area contributed by atoms with Crippen LogP contribution in [0.25, 0.3) is 0 Å². The molecule has 0 spiro atoms. The van der Waals surface area contributed by atoms with Gasteiger partial charge in [-0.05, 0) is 42.3 Å². The lowest BCUT2D eigenvalue weighted by molar-refractivity contribution is 0.0651. The van der Waals surface area contributed by atoms with Gasteiger partial charge in [0.25, 0.3) is 0 Å². The molecule has 1 rings (SSSR count). The minimum atomic E-state index is -0.613. The molecule has 1 aromatic rings. The third kappa shape index (κ3) is 3.36. The molecule has 0 fully saturated rings. The van der Waals surface area contributed by atoms with Crippen LogP contribution in [0.4, 0.5) is 0 Å². The highest BCUT2D eigenvalue weighted by atomic mass is 79.9. The van der Waals surface area contributed by atoms with Gasteiger partial charge in [0.1, 0.15) is 4.60 Å². The monoisotopic (exact) mass is 232 g/mol. The zero-order valence-corrected chi connectivity index (χ0v) is 8.87. The molecule has 0 saturated heterocycles. The van der Waals surface area contributed by atoms with E-state index < -0.39 is 5.60 Å². The second-order valence-electron chi connectivity index (χ2n) is 3.46. The number of aromatic nitrogens is 2. The molecule has 0 aliphatic carbocycles. The van der Waals surface area contributed by atoms with Gasteiger partial charge in [-0.2, -0.15) is 5.10 Å². The lowest BCUT2D eigenvalue weighted by atomic mass is 10.1. The number of nitrogens with zero attached hydrogens (tertiary/aromatic N) is 2. The Balaban J connectivity index is 2.44. The zero-order valence-electron chi connectivity index (χ0n) is 7.29. The van der Waals surface area contributed by atoms with Gasteiger partial charge in [-0.25, -0.2) is 0 Å². The van der Waals surface area contributed by atoms with Crippen LogP contribution in [0, 0.1) is 0 Å². The zero-order chi connectivity index (χ0) is 9.19. The predicted octanol–water partition coefficient (Wildman–Crippen LogP) is 1.81. The summed E-state index contributed by atoms with van der Waals surface area (Å²) >= 11 is 3.26. The van der Waals surface area contributed by atoms with Crippen LogP contribution in [0.3, 0.4) is 0 Å². The van der Waals surface area contributed by atoms with Crippen LogP contribution in [-0.4, -0.2) is 20.5 Å². The number of rotatable bonds is 3. The lowest BCUT2D eigenvalue weighted by Gasteiger charge is -2.16. The molecule has 0 unspecified atom stereocenters. The molecule has 0 amide bonds. The van der Waals surface area contributed by atoms with Crippen LogP contribution in [-0.2, 0) is 6.54 Å². The normalized spacial score (nSPS) is 12.0. The minimum absolute atomic E-state index is 0.613. The van der Waals surface area contributed by atoms with Crippen molar-refractivity contribution in [2.45, 2.75) is 32.4 Å². The first-order valence-corrected chi connectivity index (χ1v) is 4.68. The van der Waals surface area contributed by atoms with Crippen molar-refractivity contribution in [1.82, 2.24) is 9.78 Å². The quantitative estimate of drug-likeness (QED) is 0.864. The van der Waals surface area contributed by atoms with Gasteiger partial charge >= 0.3 is 0 Å². The van der Waals surface area contributed by atoms with Crippen molar-refractivity contribution >= 4 is 15.9 Å². The highest BCUT2D eigenvalue weighted by Gasteiger charge is 2.11. The Kier molecular flexibility index (Phi) is 2.90. The van der Waals surface area contributed by atoms with E-state index in [4.69, 9.17) is 0 Å². The van der Waals surface area contributed by atoms with Gasteiger partial charge in [0.2, 0.25) is 0 Å². The van der Waals surface area contributed by atoms with E-state index in [9.17, 15) is 5.11 Å². The fraction of sp³-hybridized carbons (Fsp3) is 0.625. The van der Waals surface area contributed by atoms with Gasteiger partial charge in [0.15, 0.2) is 0 Å². The van der Waals surface area contributed by atoms with Crippen molar-refractivity contribution in [2.75, 3.05) is 0 Å². The van der Waals surface area contributed by atoms with Gasteiger partial charge in [-0.1, -0.05) is 0 Å². The van der Waals surface area contributed by atoms with Crippen molar-refractivity contribution in [3.05, 3.63) is 16.9 Å². The summed E-state index contributed by atoms with van der Waals surface area (Å²) in [5, 5.41) is 13.6. The van der Waals surface area contributed by atoms with Crippen LogP contribution >= 0.6 is 15.9 Å². The second-order valence-corrected chi connectivity index (χ2v) is 4.28. The van der Waals surface area contributed by atoms with Crippen LogP contribution in [0.1, 0.15) is 20.3 Å². The van der Waals surface area contributed by atoms with Crippen LogP contribution < -0.4 is 0 Å². The Morgan fingerprint density at radius 3 is 2.75 bits per heavy atom. The Bertz CT molecular complexity index is 252. The Labute approximate surface area is 80.5 Å². The molecule has 68 valence electrons. The van der Waals surface area contributed by atoms with E-state index in [1.807, 2.05) is 16.9 Å². The molecule has 1 heterocycles. The average molecular weight is 233 g/mol. The summed E-state index contributed by atoms with van der Waals surface area (Å²) in [7, 11) is 0. The van der Waals surface area contributed by atoms with Crippen LogP contribution in [0.2, 0.25) is 0 Å². The molecule has 0 radical (unpaired) electrons. The second kappa shape index (κ2) is 3.58. The standard InChI is InChI=1S/C8H13BrN2O/c1-8(2,12)4-6-11-5-3-7(9)10-11/h3,5,12H,4,6H2,1-2H3. The van der Waals surface area contributed by atoms with E-state index in [-0.39, 0.29) is 0 Å².